The van der Waals surface area contributed by atoms with E-state index in [1.165, 1.54) is 53.7 Å². The van der Waals surface area contributed by atoms with Gasteiger partial charge in [-0.1, -0.05) is 30.3 Å². The Labute approximate surface area is 233 Å². The average Bonchev–Trinajstić information content (AvgIpc) is 3.58. The smallest absolute Gasteiger partial charge is 0.299 e. The van der Waals surface area contributed by atoms with Crippen LogP contribution in [0, 0.1) is 5.82 Å². The molecule has 2 heterocycles. The van der Waals surface area contributed by atoms with Crippen molar-refractivity contribution in [3.63, 3.8) is 0 Å². The summed E-state index contributed by atoms with van der Waals surface area (Å²) in [5.74, 6) is -2.37. The quantitative estimate of drug-likeness (QED) is 0.298. The van der Waals surface area contributed by atoms with E-state index >= 15 is 0 Å². The van der Waals surface area contributed by atoms with Crippen molar-refractivity contribution < 1.29 is 28.3 Å². The number of nitrogens with one attached hydrogen (secondary N) is 1. The van der Waals surface area contributed by atoms with Gasteiger partial charge in [-0.15, -0.1) is 11.3 Å². The Kier molecular flexibility index (Phi) is 7.70. The second kappa shape index (κ2) is 11.5. The Bertz CT molecular complexity index is 1560. The number of rotatable bonds is 9. The van der Waals surface area contributed by atoms with Gasteiger partial charge in [-0.05, 0) is 65.5 Å². The van der Waals surface area contributed by atoms with Crippen LogP contribution in [-0.2, 0) is 20.9 Å². The molecule has 1 aromatic heterocycles. The highest BCUT2D eigenvalue weighted by molar-refractivity contribution is 7.10. The fourth-order valence-corrected chi connectivity index (χ4v) is 5.33. The molecule has 1 unspecified atom stereocenters. The zero-order valence-corrected chi connectivity index (χ0v) is 22.2. The minimum absolute atomic E-state index is 0.0463. The summed E-state index contributed by atoms with van der Waals surface area (Å²) in [6.07, 6.45) is 0. The van der Waals surface area contributed by atoms with Crippen LogP contribution in [0.2, 0.25) is 0 Å². The highest BCUT2D eigenvalue weighted by Gasteiger charge is 2.39. The Balaban J connectivity index is 1.50. The Morgan fingerprint density at radius 1 is 0.975 bits per heavy atom. The number of carbonyl (C=O) groups is 4. The molecule has 0 fully saturated rings. The number of benzene rings is 3. The highest BCUT2D eigenvalue weighted by Crippen LogP contribution is 2.32. The summed E-state index contributed by atoms with van der Waals surface area (Å²) in [6.45, 7) is -0.504. The van der Waals surface area contributed by atoms with E-state index in [0.717, 1.165) is 4.90 Å². The maximum absolute atomic E-state index is 14.0. The summed E-state index contributed by atoms with van der Waals surface area (Å²) >= 11 is 1.30. The van der Waals surface area contributed by atoms with E-state index < -0.39 is 41.9 Å². The van der Waals surface area contributed by atoms with Crippen LogP contribution in [-0.4, -0.2) is 42.1 Å². The first-order valence-corrected chi connectivity index (χ1v) is 13.2. The Morgan fingerprint density at radius 3 is 2.38 bits per heavy atom. The van der Waals surface area contributed by atoms with Crippen molar-refractivity contribution in [3.8, 4) is 5.75 Å². The molecule has 0 saturated heterocycles. The van der Waals surface area contributed by atoms with Crippen LogP contribution in [0.5, 0.6) is 5.75 Å². The number of nitrogens with zero attached hydrogens (tertiary/aromatic N) is 2. The molecule has 8 nitrogen and oxygen atoms in total. The van der Waals surface area contributed by atoms with Crippen molar-refractivity contribution in [1.29, 1.82) is 0 Å². The predicted octanol–water partition coefficient (Wildman–Crippen LogP) is 4.83. The molecule has 40 heavy (non-hydrogen) atoms. The fraction of sp³-hybridized carbons (Fsp3) is 0.133. The topological polar surface area (TPSA) is 96.0 Å². The normalized spacial score (nSPS) is 13.1. The number of anilines is 2. The van der Waals surface area contributed by atoms with Crippen molar-refractivity contribution in [3.05, 3.63) is 112 Å². The molecule has 1 N–H and O–H groups in total. The number of amides is 3. The van der Waals surface area contributed by atoms with Gasteiger partial charge in [0.2, 0.25) is 5.91 Å². The number of hydrogen-bond acceptors (Lipinski definition) is 6. The van der Waals surface area contributed by atoms with Gasteiger partial charge in [0.1, 0.15) is 24.2 Å². The van der Waals surface area contributed by atoms with Crippen LogP contribution in [0.1, 0.15) is 26.8 Å². The van der Waals surface area contributed by atoms with E-state index in [4.69, 9.17) is 4.74 Å². The van der Waals surface area contributed by atoms with Crippen molar-refractivity contribution in [1.82, 2.24) is 4.90 Å². The summed E-state index contributed by atoms with van der Waals surface area (Å²) in [5, 5.41) is 4.65. The first-order chi connectivity index (χ1) is 19.4. The molecule has 3 aromatic carbocycles. The minimum atomic E-state index is -1.08. The molecule has 1 aliphatic heterocycles. The standard InChI is InChI=1S/C30H24FN3O5S/c1-39-22-14-12-21(13-15-22)32-29(37)27(25-7-4-16-40-25)34(17-19-8-10-20(31)11-9-19)26(35)18-33-24-6-3-2-5-23(24)28(36)30(33)38/h2-16,27H,17-18H2,1H3,(H,32,37). The van der Waals surface area contributed by atoms with Crippen LogP contribution < -0.4 is 15.0 Å². The number of ether oxygens (including phenoxy) is 1. The van der Waals surface area contributed by atoms with E-state index in [1.54, 1.807) is 60.0 Å². The van der Waals surface area contributed by atoms with Crippen LogP contribution >= 0.6 is 11.3 Å². The molecular formula is C30H24FN3O5S. The molecule has 0 bridgehead atoms. The maximum Gasteiger partial charge on any atom is 0.299 e. The number of carbonyl (C=O) groups excluding carboxylic acids is 4. The lowest BCUT2D eigenvalue weighted by molar-refractivity contribution is -0.138. The van der Waals surface area contributed by atoms with E-state index in [-0.39, 0.29) is 12.1 Å². The monoisotopic (exact) mass is 557 g/mol. The zero-order valence-electron chi connectivity index (χ0n) is 21.4. The molecule has 0 aliphatic carbocycles. The highest BCUT2D eigenvalue weighted by atomic mass is 32.1. The SMILES string of the molecule is COc1ccc(NC(=O)C(c2cccs2)N(Cc2ccc(F)cc2)C(=O)CN2C(=O)C(=O)c3ccccc32)cc1. The van der Waals surface area contributed by atoms with Crippen molar-refractivity contribution >= 4 is 46.2 Å². The number of halogens is 1. The van der Waals surface area contributed by atoms with Gasteiger partial charge < -0.3 is 15.0 Å². The number of fused-ring (bicyclic) bond motifs is 1. The van der Waals surface area contributed by atoms with Gasteiger partial charge in [-0.2, -0.15) is 0 Å². The molecule has 10 heteroatoms. The van der Waals surface area contributed by atoms with Gasteiger partial charge >= 0.3 is 0 Å². The second-order valence-corrected chi connectivity index (χ2v) is 10.0. The lowest BCUT2D eigenvalue weighted by Gasteiger charge is -2.32. The second-order valence-electron chi connectivity index (χ2n) is 9.02. The summed E-state index contributed by atoms with van der Waals surface area (Å²) in [7, 11) is 1.54. The number of thiophene rings is 1. The lowest BCUT2D eigenvalue weighted by atomic mass is 10.1. The third kappa shape index (κ3) is 5.48. The van der Waals surface area contributed by atoms with E-state index in [2.05, 4.69) is 5.32 Å². The molecule has 5 rings (SSSR count). The van der Waals surface area contributed by atoms with Gasteiger partial charge in [-0.25, -0.2) is 4.39 Å². The van der Waals surface area contributed by atoms with E-state index in [9.17, 15) is 23.6 Å². The van der Waals surface area contributed by atoms with Crippen molar-refractivity contribution in [2.45, 2.75) is 12.6 Å². The fourth-order valence-electron chi connectivity index (χ4n) is 4.50. The number of para-hydroxylation sites is 1. The number of Topliss-reactive ketones (excluding diaryl/α,β-unsaturated/α-hetero) is 1. The molecule has 3 amide bonds. The molecule has 0 saturated carbocycles. The molecule has 1 atom stereocenters. The summed E-state index contributed by atoms with van der Waals surface area (Å²) in [4.78, 5) is 56.2. The first kappa shape index (κ1) is 26.8. The van der Waals surface area contributed by atoms with Crippen LogP contribution in [0.25, 0.3) is 0 Å². The van der Waals surface area contributed by atoms with E-state index in [0.29, 0.717) is 27.6 Å². The third-order valence-electron chi connectivity index (χ3n) is 6.49. The lowest BCUT2D eigenvalue weighted by Crippen LogP contribution is -2.46. The van der Waals surface area contributed by atoms with Crippen molar-refractivity contribution in [2.75, 3.05) is 23.9 Å². The summed E-state index contributed by atoms with van der Waals surface area (Å²) in [6, 6.07) is 21.3. The molecule has 202 valence electrons. The number of ketones is 1. The summed E-state index contributed by atoms with van der Waals surface area (Å²) < 4.78 is 18.8. The Hall–Kier alpha value is -4.83. The Morgan fingerprint density at radius 2 is 1.70 bits per heavy atom. The number of hydrogen-bond donors (Lipinski definition) is 1. The third-order valence-corrected chi connectivity index (χ3v) is 7.41. The van der Waals surface area contributed by atoms with Gasteiger partial charge in [-0.3, -0.25) is 24.1 Å². The largest absolute Gasteiger partial charge is 0.497 e. The van der Waals surface area contributed by atoms with Crippen LogP contribution in [0.3, 0.4) is 0 Å². The van der Waals surface area contributed by atoms with Gasteiger partial charge in [0.15, 0.2) is 0 Å². The molecular weight excluding hydrogens is 533 g/mol. The molecule has 4 aromatic rings. The van der Waals surface area contributed by atoms with Gasteiger partial charge in [0.05, 0.1) is 18.4 Å². The van der Waals surface area contributed by atoms with Crippen LogP contribution in [0.4, 0.5) is 15.8 Å². The van der Waals surface area contributed by atoms with Crippen molar-refractivity contribution in [2.24, 2.45) is 0 Å². The average molecular weight is 558 g/mol. The number of methoxy groups -OCH3 is 1. The van der Waals surface area contributed by atoms with Gasteiger partial charge in [0, 0.05) is 17.1 Å². The van der Waals surface area contributed by atoms with E-state index in [1.807, 2.05) is 0 Å². The summed E-state index contributed by atoms with van der Waals surface area (Å²) in [5.41, 5.74) is 1.63. The first-order valence-electron chi connectivity index (χ1n) is 12.3. The van der Waals surface area contributed by atoms with Crippen LogP contribution in [0.15, 0.2) is 90.3 Å². The zero-order chi connectivity index (χ0) is 28.2. The predicted molar refractivity (Wildman–Crippen MR) is 149 cm³/mol. The molecule has 0 spiro atoms. The minimum Gasteiger partial charge on any atom is -0.497 e. The molecule has 0 radical (unpaired) electrons. The maximum atomic E-state index is 14.0. The molecule has 1 aliphatic rings. The van der Waals surface area contributed by atoms with Gasteiger partial charge in [0.25, 0.3) is 17.6 Å².